The Morgan fingerprint density at radius 1 is 1.38 bits per heavy atom. The first-order chi connectivity index (χ1) is 11.5. The van der Waals surface area contributed by atoms with Crippen LogP contribution in [0.15, 0.2) is 18.2 Å². The first kappa shape index (κ1) is 19.5. The van der Waals surface area contributed by atoms with Crippen LogP contribution in [0.4, 0.5) is 0 Å². The number of nitrogens with zero attached hydrogens (tertiary/aromatic N) is 2. The molecule has 6 heteroatoms. The molecule has 0 radical (unpaired) electrons. The van der Waals surface area contributed by atoms with E-state index in [2.05, 4.69) is 15.1 Å². The van der Waals surface area contributed by atoms with Gasteiger partial charge in [0.25, 0.3) is 0 Å². The monoisotopic (exact) mass is 371 g/mol. The van der Waals surface area contributed by atoms with Crippen LogP contribution in [0.1, 0.15) is 24.8 Å². The molecule has 0 spiro atoms. The molecule has 24 heavy (non-hydrogen) atoms. The van der Waals surface area contributed by atoms with E-state index in [9.17, 15) is 4.79 Å². The number of nitrogens with one attached hydrogen (secondary N) is 1. The molecule has 1 saturated heterocycles. The number of carbonyl (C=O) groups is 1. The smallest absolute Gasteiger partial charge is 0.224 e. The zero-order valence-electron chi connectivity index (χ0n) is 14.5. The number of carbonyl (C=O) groups excluding carboxylic acids is 1. The van der Waals surface area contributed by atoms with Crippen molar-refractivity contribution in [1.82, 2.24) is 15.1 Å². The SMILES string of the molecule is CN(C)CCCNC(=O)C1CCCN(Cc2ccc(Cl)cc2Cl)C1. The number of hydrogen-bond donors (Lipinski definition) is 1. The minimum atomic E-state index is 0.0733. The molecule has 1 aromatic carbocycles. The van der Waals surface area contributed by atoms with Crippen molar-refractivity contribution in [2.24, 2.45) is 5.92 Å². The summed E-state index contributed by atoms with van der Waals surface area (Å²) in [5.74, 6) is 0.254. The molecule has 0 aliphatic carbocycles. The third kappa shape index (κ3) is 6.25. The fourth-order valence-corrected chi connectivity index (χ4v) is 3.52. The second-order valence-corrected chi connectivity index (χ2v) is 7.60. The number of likely N-dealkylation sites (tertiary alicyclic amines) is 1. The molecule has 0 bridgehead atoms. The summed E-state index contributed by atoms with van der Waals surface area (Å²) in [5.41, 5.74) is 1.06. The van der Waals surface area contributed by atoms with Crippen molar-refractivity contribution >= 4 is 29.1 Å². The highest BCUT2D eigenvalue weighted by atomic mass is 35.5. The third-order valence-electron chi connectivity index (χ3n) is 4.37. The van der Waals surface area contributed by atoms with Crippen molar-refractivity contribution in [2.45, 2.75) is 25.8 Å². The zero-order valence-corrected chi connectivity index (χ0v) is 16.0. The lowest BCUT2D eigenvalue weighted by Crippen LogP contribution is -2.43. The Balaban J connectivity index is 1.81. The van der Waals surface area contributed by atoms with Crippen LogP contribution < -0.4 is 5.32 Å². The van der Waals surface area contributed by atoms with Gasteiger partial charge in [-0.25, -0.2) is 0 Å². The van der Waals surface area contributed by atoms with Gasteiger partial charge in [0.05, 0.1) is 5.92 Å². The topological polar surface area (TPSA) is 35.6 Å². The fourth-order valence-electron chi connectivity index (χ4n) is 3.06. The maximum atomic E-state index is 12.4. The molecule has 1 aliphatic rings. The van der Waals surface area contributed by atoms with Gasteiger partial charge in [0.15, 0.2) is 0 Å². The average molecular weight is 372 g/mol. The highest BCUT2D eigenvalue weighted by Gasteiger charge is 2.25. The molecule has 1 atom stereocenters. The number of amides is 1. The Kier molecular flexibility index (Phi) is 7.82. The van der Waals surface area contributed by atoms with Crippen molar-refractivity contribution in [1.29, 1.82) is 0 Å². The summed E-state index contributed by atoms with van der Waals surface area (Å²) in [6, 6.07) is 5.61. The van der Waals surface area contributed by atoms with Gasteiger partial charge in [0, 0.05) is 29.7 Å². The van der Waals surface area contributed by atoms with E-state index in [1.165, 1.54) is 0 Å². The van der Waals surface area contributed by atoms with Crippen LogP contribution in [0.2, 0.25) is 10.0 Å². The quantitative estimate of drug-likeness (QED) is 0.747. The molecule has 0 saturated carbocycles. The minimum absolute atomic E-state index is 0.0733. The maximum absolute atomic E-state index is 12.4. The van der Waals surface area contributed by atoms with Crippen molar-refractivity contribution < 1.29 is 4.79 Å². The van der Waals surface area contributed by atoms with Gasteiger partial charge in [-0.1, -0.05) is 29.3 Å². The molecule has 0 aromatic heterocycles. The normalized spacial score (nSPS) is 18.8. The van der Waals surface area contributed by atoms with E-state index in [4.69, 9.17) is 23.2 Å². The fraction of sp³-hybridized carbons (Fsp3) is 0.611. The van der Waals surface area contributed by atoms with E-state index in [1.807, 2.05) is 26.2 Å². The van der Waals surface area contributed by atoms with Gasteiger partial charge in [0.1, 0.15) is 0 Å². The second-order valence-electron chi connectivity index (χ2n) is 6.76. The van der Waals surface area contributed by atoms with E-state index in [1.54, 1.807) is 6.07 Å². The standard InChI is InChI=1S/C18H27Cl2N3O/c1-22(2)9-4-8-21-18(24)15-5-3-10-23(13-15)12-14-6-7-16(19)11-17(14)20/h6-7,11,15H,3-5,8-10,12-13H2,1-2H3,(H,21,24). The number of hydrogen-bond acceptors (Lipinski definition) is 3. The Bertz CT molecular complexity index is 551. The third-order valence-corrected chi connectivity index (χ3v) is 4.95. The van der Waals surface area contributed by atoms with Crippen molar-refractivity contribution in [3.05, 3.63) is 33.8 Å². The van der Waals surface area contributed by atoms with Gasteiger partial charge in [-0.15, -0.1) is 0 Å². The maximum Gasteiger partial charge on any atom is 0.224 e. The molecular formula is C18H27Cl2N3O. The van der Waals surface area contributed by atoms with Crippen LogP contribution in [0.25, 0.3) is 0 Å². The number of rotatable bonds is 7. The molecule has 1 amide bonds. The summed E-state index contributed by atoms with van der Waals surface area (Å²) in [4.78, 5) is 16.8. The molecule has 4 nitrogen and oxygen atoms in total. The number of piperidine rings is 1. The minimum Gasteiger partial charge on any atom is -0.356 e. The van der Waals surface area contributed by atoms with Gasteiger partial charge < -0.3 is 10.2 Å². The second kappa shape index (κ2) is 9.62. The summed E-state index contributed by atoms with van der Waals surface area (Å²) < 4.78 is 0. The average Bonchev–Trinajstić information content (AvgIpc) is 2.54. The van der Waals surface area contributed by atoms with Crippen LogP contribution in [-0.2, 0) is 11.3 Å². The summed E-state index contributed by atoms with van der Waals surface area (Å²) in [6.07, 6.45) is 2.99. The van der Waals surface area contributed by atoms with Gasteiger partial charge in [-0.3, -0.25) is 9.69 Å². The summed E-state index contributed by atoms with van der Waals surface area (Å²) in [7, 11) is 4.09. The predicted octanol–water partition coefficient (Wildman–Crippen LogP) is 3.27. The Morgan fingerprint density at radius 2 is 2.17 bits per heavy atom. The molecule has 1 aliphatic heterocycles. The first-order valence-electron chi connectivity index (χ1n) is 8.54. The summed E-state index contributed by atoms with van der Waals surface area (Å²) in [5, 5.41) is 4.42. The van der Waals surface area contributed by atoms with Crippen LogP contribution in [0.5, 0.6) is 0 Å². The highest BCUT2D eigenvalue weighted by molar-refractivity contribution is 6.35. The first-order valence-corrected chi connectivity index (χ1v) is 9.30. The van der Waals surface area contributed by atoms with Gasteiger partial charge in [-0.05, 0) is 64.1 Å². The predicted molar refractivity (Wildman–Crippen MR) is 101 cm³/mol. The lowest BCUT2D eigenvalue weighted by atomic mass is 9.96. The summed E-state index contributed by atoms with van der Waals surface area (Å²) in [6.45, 7) is 4.30. The van der Waals surface area contributed by atoms with Crippen LogP contribution >= 0.6 is 23.2 Å². The molecule has 1 N–H and O–H groups in total. The van der Waals surface area contributed by atoms with Gasteiger partial charge in [-0.2, -0.15) is 0 Å². The molecule has 134 valence electrons. The van der Waals surface area contributed by atoms with E-state index >= 15 is 0 Å². The van der Waals surface area contributed by atoms with Crippen LogP contribution in [0.3, 0.4) is 0 Å². The zero-order chi connectivity index (χ0) is 17.5. The van der Waals surface area contributed by atoms with Gasteiger partial charge >= 0.3 is 0 Å². The van der Waals surface area contributed by atoms with Crippen molar-refractivity contribution in [3.8, 4) is 0 Å². The van der Waals surface area contributed by atoms with Gasteiger partial charge in [0.2, 0.25) is 5.91 Å². The Labute approximate surface area is 155 Å². The number of benzene rings is 1. The highest BCUT2D eigenvalue weighted by Crippen LogP contribution is 2.24. The lowest BCUT2D eigenvalue weighted by molar-refractivity contribution is -0.126. The molecule has 1 fully saturated rings. The van der Waals surface area contributed by atoms with E-state index in [0.717, 1.165) is 57.5 Å². The summed E-state index contributed by atoms with van der Waals surface area (Å²) >= 11 is 12.2. The Hall–Kier alpha value is -0.810. The molecule has 1 heterocycles. The molecular weight excluding hydrogens is 345 g/mol. The van der Waals surface area contributed by atoms with Crippen LogP contribution in [0, 0.1) is 5.92 Å². The van der Waals surface area contributed by atoms with E-state index in [-0.39, 0.29) is 11.8 Å². The lowest BCUT2D eigenvalue weighted by Gasteiger charge is -2.32. The van der Waals surface area contributed by atoms with Crippen molar-refractivity contribution in [2.75, 3.05) is 40.3 Å². The largest absolute Gasteiger partial charge is 0.356 e. The molecule has 2 rings (SSSR count). The van der Waals surface area contributed by atoms with E-state index in [0.29, 0.717) is 10.0 Å². The molecule has 1 unspecified atom stereocenters. The molecule has 1 aromatic rings. The Morgan fingerprint density at radius 3 is 2.88 bits per heavy atom. The van der Waals surface area contributed by atoms with Crippen molar-refractivity contribution in [3.63, 3.8) is 0 Å². The number of halogens is 2. The van der Waals surface area contributed by atoms with E-state index < -0.39 is 0 Å². The van der Waals surface area contributed by atoms with Crippen LogP contribution in [-0.4, -0.2) is 56.0 Å².